The Kier molecular flexibility index (Phi) is 2.82. The molecule has 0 fully saturated rings. The first kappa shape index (κ1) is 10.6. The van der Waals surface area contributed by atoms with E-state index < -0.39 is 0 Å². The number of hydrogen-bond acceptors (Lipinski definition) is 6. The fourth-order valence-corrected chi connectivity index (χ4v) is 2.01. The quantitative estimate of drug-likeness (QED) is 0.798. The molecule has 0 N–H and O–H groups in total. The third kappa shape index (κ3) is 1.87. The average molecular weight is 251 g/mol. The molecule has 8 heteroatoms. The number of rotatable bonds is 2. The molecule has 6 nitrogen and oxygen atoms in total. The Labute approximate surface area is 99.4 Å². The number of aromatic nitrogens is 4. The van der Waals surface area contributed by atoms with Gasteiger partial charge in [0.15, 0.2) is 11.4 Å². The van der Waals surface area contributed by atoms with E-state index in [1.807, 2.05) is 12.1 Å². The van der Waals surface area contributed by atoms with Gasteiger partial charge in [-0.2, -0.15) is 10.5 Å². The monoisotopic (exact) mass is 250 g/mol. The molecule has 2 heterocycles. The Bertz CT molecular complexity index is 601. The van der Waals surface area contributed by atoms with Crippen molar-refractivity contribution in [3.8, 4) is 12.1 Å². The van der Waals surface area contributed by atoms with E-state index in [4.69, 9.17) is 22.1 Å². The predicted octanol–water partition coefficient (Wildman–Crippen LogP) is 1.18. The molecule has 0 aliphatic heterocycles. The van der Waals surface area contributed by atoms with Gasteiger partial charge in [-0.25, -0.2) is 4.98 Å². The molecule has 0 radical (unpaired) electrons. The molecule has 0 aliphatic rings. The summed E-state index contributed by atoms with van der Waals surface area (Å²) in [7, 11) is 0. The van der Waals surface area contributed by atoms with Crippen molar-refractivity contribution in [3.63, 3.8) is 0 Å². The molecule has 2 aromatic rings. The lowest BCUT2D eigenvalue weighted by Gasteiger charge is -1.98. The maximum atomic E-state index is 8.88. The van der Waals surface area contributed by atoms with Crippen molar-refractivity contribution in [3.05, 3.63) is 27.2 Å². The normalized spacial score (nSPS) is 9.69. The minimum Gasteiger partial charge on any atom is -0.314 e. The van der Waals surface area contributed by atoms with E-state index in [0.717, 1.165) is 0 Å². The highest BCUT2D eigenvalue weighted by atomic mass is 35.5. The Morgan fingerprint density at radius 3 is 2.75 bits per heavy atom. The van der Waals surface area contributed by atoms with Crippen molar-refractivity contribution >= 4 is 22.9 Å². The van der Waals surface area contributed by atoms with E-state index in [-0.39, 0.29) is 11.4 Å². The van der Waals surface area contributed by atoms with Gasteiger partial charge in [-0.1, -0.05) is 11.3 Å². The Morgan fingerprint density at radius 2 is 2.19 bits per heavy atom. The van der Waals surface area contributed by atoms with Crippen LogP contribution >= 0.6 is 22.9 Å². The number of nitriles is 2. The van der Waals surface area contributed by atoms with Gasteiger partial charge in [-0.3, -0.25) is 0 Å². The first-order valence-corrected chi connectivity index (χ1v) is 5.27. The summed E-state index contributed by atoms with van der Waals surface area (Å²) in [4.78, 5) is 3.81. The Hall–Kier alpha value is -1.96. The van der Waals surface area contributed by atoms with E-state index in [1.54, 1.807) is 0 Å². The third-order valence-electron chi connectivity index (χ3n) is 1.80. The fourth-order valence-electron chi connectivity index (χ4n) is 1.14. The number of nitrogens with zero attached hydrogens (tertiary/aromatic N) is 6. The first-order chi connectivity index (χ1) is 7.74. The molecule has 0 saturated heterocycles. The smallest absolute Gasteiger partial charge is 0.207 e. The summed E-state index contributed by atoms with van der Waals surface area (Å²) in [6.07, 6.45) is 1.42. The van der Waals surface area contributed by atoms with Gasteiger partial charge in [0.2, 0.25) is 4.47 Å². The van der Waals surface area contributed by atoms with Crippen LogP contribution in [0.25, 0.3) is 0 Å². The molecule has 2 rings (SSSR count). The van der Waals surface area contributed by atoms with Gasteiger partial charge in [0.1, 0.15) is 17.1 Å². The zero-order chi connectivity index (χ0) is 11.5. The SMILES string of the molecule is N#Cc1ncn(Cc2nnc(Cl)s2)c1C#N. The van der Waals surface area contributed by atoms with Crippen LogP contribution in [0.4, 0.5) is 0 Å². The molecule has 0 amide bonds. The molecule has 0 bridgehead atoms. The van der Waals surface area contributed by atoms with Crippen molar-refractivity contribution in [1.82, 2.24) is 19.7 Å². The van der Waals surface area contributed by atoms with Crippen LogP contribution in [0.2, 0.25) is 4.47 Å². The van der Waals surface area contributed by atoms with Gasteiger partial charge in [0.05, 0.1) is 12.9 Å². The van der Waals surface area contributed by atoms with Crippen LogP contribution < -0.4 is 0 Å². The lowest BCUT2D eigenvalue weighted by atomic mass is 10.3. The fraction of sp³-hybridized carbons (Fsp3) is 0.125. The van der Waals surface area contributed by atoms with Crippen LogP contribution in [0.1, 0.15) is 16.4 Å². The average Bonchev–Trinajstić information content (AvgIpc) is 2.85. The maximum Gasteiger partial charge on any atom is 0.207 e. The summed E-state index contributed by atoms with van der Waals surface area (Å²) in [5.74, 6) is 0. The minimum absolute atomic E-state index is 0.109. The minimum atomic E-state index is 0.109. The highest BCUT2D eigenvalue weighted by molar-refractivity contribution is 7.15. The largest absolute Gasteiger partial charge is 0.314 e. The molecule has 0 aliphatic carbocycles. The zero-order valence-corrected chi connectivity index (χ0v) is 9.33. The topological polar surface area (TPSA) is 91.2 Å². The second-order valence-electron chi connectivity index (χ2n) is 2.74. The second-order valence-corrected chi connectivity index (χ2v) is 4.39. The molecule has 0 spiro atoms. The highest BCUT2D eigenvalue weighted by Crippen LogP contribution is 2.17. The molecule has 0 atom stereocenters. The lowest BCUT2D eigenvalue weighted by Crippen LogP contribution is -2.01. The molecule has 0 saturated carbocycles. The molecular weight excluding hydrogens is 248 g/mol. The maximum absolute atomic E-state index is 8.88. The number of imidazole rings is 1. The van der Waals surface area contributed by atoms with Crippen LogP contribution in [-0.4, -0.2) is 19.7 Å². The summed E-state index contributed by atoms with van der Waals surface area (Å²) in [6.45, 7) is 0.335. The van der Waals surface area contributed by atoms with Crippen molar-refractivity contribution in [2.24, 2.45) is 0 Å². The standard InChI is InChI=1S/C8H3ClN6S/c9-8-14-13-7(16-8)3-15-4-12-5(1-10)6(15)2-11/h4H,3H2. The van der Waals surface area contributed by atoms with E-state index in [0.29, 0.717) is 16.0 Å². The lowest BCUT2D eigenvalue weighted by molar-refractivity contribution is 0.767. The van der Waals surface area contributed by atoms with Gasteiger partial charge in [0.25, 0.3) is 0 Å². The summed E-state index contributed by atoms with van der Waals surface area (Å²) < 4.78 is 1.88. The zero-order valence-electron chi connectivity index (χ0n) is 7.75. The molecule has 0 unspecified atom stereocenters. The van der Waals surface area contributed by atoms with Crippen molar-refractivity contribution < 1.29 is 0 Å². The van der Waals surface area contributed by atoms with Crippen molar-refractivity contribution in [2.75, 3.05) is 0 Å². The van der Waals surface area contributed by atoms with Crippen LogP contribution in [0, 0.1) is 22.7 Å². The van der Waals surface area contributed by atoms with Crippen molar-refractivity contribution in [1.29, 1.82) is 10.5 Å². The summed E-state index contributed by atoms with van der Waals surface area (Å²) in [6, 6.07) is 3.77. The highest BCUT2D eigenvalue weighted by Gasteiger charge is 2.11. The Balaban J connectivity index is 2.33. The number of hydrogen-bond donors (Lipinski definition) is 0. The third-order valence-corrected chi connectivity index (χ3v) is 2.80. The van der Waals surface area contributed by atoms with E-state index in [2.05, 4.69) is 15.2 Å². The van der Waals surface area contributed by atoms with Gasteiger partial charge >= 0.3 is 0 Å². The van der Waals surface area contributed by atoms with Gasteiger partial charge in [-0.05, 0) is 11.6 Å². The van der Waals surface area contributed by atoms with Crippen LogP contribution in [0.3, 0.4) is 0 Å². The van der Waals surface area contributed by atoms with Gasteiger partial charge in [-0.15, -0.1) is 10.2 Å². The van der Waals surface area contributed by atoms with E-state index >= 15 is 0 Å². The molecular formula is C8H3ClN6S. The molecule has 2 aromatic heterocycles. The summed E-state index contributed by atoms with van der Waals surface area (Å²) in [5, 5.41) is 25.7. The van der Waals surface area contributed by atoms with E-state index in [1.165, 1.54) is 22.2 Å². The second kappa shape index (κ2) is 4.27. The van der Waals surface area contributed by atoms with E-state index in [9.17, 15) is 0 Å². The van der Waals surface area contributed by atoms with Crippen LogP contribution in [0.15, 0.2) is 6.33 Å². The summed E-state index contributed by atoms with van der Waals surface area (Å²) >= 11 is 6.86. The molecule has 78 valence electrons. The Morgan fingerprint density at radius 1 is 1.38 bits per heavy atom. The van der Waals surface area contributed by atoms with Crippen molar-refractivity contribution in [2.45, 2.75) is 6.54 Å². The van der Waals surface area contributed by atoms with Crippen LogP contribution in [-0.2, 0) is 6.54 Å². The summed E-state index contributed by atoms with van der Waals surface area (Å²) in [5.41, 5.74) is 0.326. The number of halogens is 1. The molecule has 16 heavy (non-hydrogen) atoms. The van der Waals surface area contributed by atoms with Gasteiger partial charge < -0.3 is 4.57 Å². The molecule has 0 aromatic carbocycles. The first-order valence-electron chi connectivity index (χ1n) is 4.08. The predicted molar refractivity (Wildman–Crippen MR) is 55.7 cm³/mol. The van der Waals surface area contributed by atoms with Gasteiger partial charge in [0, 0.05) is 0 Å². The van der Waals surface area contributed by atoms with Crippen LogP contribution in [0.5, 0.6) is 0 Å².